The largest absolute Gasteiger partial charge is 0.496 e. The van der Waals surface area contributed by atoms with Gasteiger partial charge in [0.05, 0.1) is 12.7 Å². The summed E-state index contributed by atoms with van der Waals surface area (Å²) in [5.41, 5.74) is 1.14. The van der Waals surface area contributed by atoms with Gasteiger partial charge in [0.2, 0.25) is 11.8 Å². The molecule has 3 aliphatic heterocycles. The van der Waals surface area contributed by atoms with E-state index in [4.69, 9.17) is 4.74 Å². The highest BCUT2D eigenvalue weighted by Gasteiger charge is 2.38. The summed E-state index contributed by atoms with van der Waals surface area (Å²) < 4.78 is 65.9. The molecule has 4 aromatic rings. The summed E-state index contributed by atoms with van der Waals surface area (Å²) in [5, 5.41) is 6.31. The Hall–Kier alpha value is -5.44. The van der Waals surface area contributed by atoms with E-state index in [9.17, 15) is 32.3 Å². The van der Waals surface area contributed by atoms with Crippen LogP contribution in [0.5, 0.6) is 5.75 Å². The van der Waals surface area contributed by atoms with Crippen molar-refractivity contribution >= 4 is 34.3 Å². The second-order valence-electron chi connectivity index (χ2n) is 15.3. The summed E-state index contributed by atoms with van der Waals surface area (Å²) in [5.74, 6) is -1.39. The second-order valence-corrected chi connectivity index (χ2v) is 15.3. The molecule has 1 aromatic heterocycles. The van der Waals surface area contributed by atoms with Crippen LogP contribution < -0.4 is 20.9 Å². The zero-order valence-corrected chi connectivity index (χ0v) is 32.1. The van der Waals surface area contributed by atoms with Gasteiger partial charge in [-0.2, -0.15) is 13.2 Å². The molecule has 0 aliphatic carbocycles. The summed E-state index contributed by atoms with van der Waals surface area (Å²) in [6, 6.07) is 13.5. The molecule has 0 spiro atoms. The Labute approximate surface area is 327 Å². The Kier molecular flexibility index (Phi) is 11.3. The van der Waals surface area contributed by atoms with Crippen LogP contribution in [-0.2, 0) is 29.4 Å². The highest BCUT2D eigenvalue weighted by molar-refractivity contribution is 6.01. The molecule has 3 aliphatic rings. The van der Waals surface area contributed by atoms with Crippen molar-refractivity contribution in [3.63, 3.8) is 0 Å². The molecule has 4 amide bonds. The lowest BCUT2D eigenvalue weighted by atomic mass is 9.86. The van der Waals surface area contributed by atoms with Crippen molar-refractivity contribution in [2.75, 3.05) is 45.7 Å². The molecular formula is C42H46F4N6O5. The molecule has 0 radical (unpaired) electrons. The van der Waals surface area contributed by atoms with Crippen LogP contribution in [0.15, 0.2) is 65.6 Å². The molecule has 2 N–H and O–H groups in total. The molecule has 3 aromatic carbocycles. The van der Waals surface area contributed by atoms with Gasteiger partial charge in [-0.3, -0.25) is 24.6 Å². The van der Waals surface area contributed by atoms with Crippen LogP contribution in [0.25, 0.3) is 21.9 Å². The fourth-order valence-electron chi connectivity index (χ4n) is 8.48. The lowest BCUT2D eigenvalue weighted by Gasteiger charge is -2.41. The number of likely N-dealkylation sites (tertiary alicyclic amines) is 2. The van der Waals surface area contributed by atoms with Gasteiger partial charge >= 0.3 is 12.2 Å². The molecule has 15 heteroatoms. The number of alkyl halides is 3. The number of aromatic nitrogens is 1. The van der Waals surface area contributed by atoms with Crippen molar-refractivity contribution in [1.29, 1.82) is 0 Å². The van der Waals surface area contributed by atoms with E-state index < -0.39 is 41.3 Å². The molecule has 11 nitrogen and oxygen atoms in total. The smallest absolute Gasteiger partial charge is 0.416 e. The first-order valence-electron chi connectivity index (χ1n) is 19.2. The monoisotopic (exact) mass is 790 g/mol. The van der Waals surface area contributed by atoms with Gasteiger partial charge in [0.25, 0.3) is 5.56 Å². The average molecular weight is 791 g/mol. The van der Waals surface area contributed by atoms with Crippen LogP contribution in [0.2, 0.25) is 0 Å². The van der Waals surface area contributed by atoms with Gasteiger partial charge in [-0.05, 0) is 84.9 Å². The van der Waals surface area contributed by atoms with Gasteiger partial charge in [0.1, 0.15) is 17.6 Å². The average Bonchev–Trinajstić information content (AvgIpc) is 3.20. The van der Waals surface area contributed by atoms with Crippen LogP contribution in [0, 0.1) is 5.82 Å². The van der Waals surface area contributed by atoms with Gasteiger partial charge < -0.3 is 24.4 Å². The maximum Gasteiger partial charge on any atom is 0.416 e. The van der Waals surface area contributed by atoms with Crippen molar-refractivity contribution in [2.45, 2.75) is 69.2 Å². The second kappa shape index (κ2) is 16.2. The van der Waals surface area contributed by atoms with Crippen molar-refractivity contribution < 1.29 is 36.7 Å². The van der Waals surface area contributed by atoms with E-state index >= 15 is 4.39 Å². The van der Waals surface area contributed by atoms with E-state index in [-0.39, 0.29) is 41.7 Å². The standard InChI is InChI=1S/C42H46F4N6O5/c1-49-23-32(30-6-4-5-7-31(30)40(49)55)26-20-35(43)33(37(21-26)57-3)24-51-16-14-28(15-17-51)50(2)41(56)52-18-12-25(13-19-52)29-9-8-27(22-34(29)42(44,45)46)47-36-10-11-38(53)48-39(36)54/h4-9,20-23,25,28,36,47H,10-19,24H2,1-3H3,(H,48,53,54). The summed E-state index contributed by atoms with van der Waals surface area (Å²) in [6.45, 7) is 2.17. The van der Waals surface area contributed by atoms with Gasteiger partial charge in [-0.1, -0.05) is 24.3 Å². The lowest BCUT2D eigenvalue weighted by Crippen LogP contribution is -2.51. The third-order valence-electron chi connectivity index (χ3n) is 11.7. The molecule has 4 heterocycles. The number of methoxy groups -OCH3 is 1. The molecule has 302 valence electrons. The number of benzene rings is 3. The van der Waals surface area contributed by atoms with Crippen LogP contribution in [-0.4, -0.2) is 89.5 Å². The van der Waals surface area contributed by atoms with E-state index in [1.807, 2.05) is 12.1 Å². The molecule has 57 heavy (non-hydrogen) atoms. The lowest BCUT2D eigenvalue weighted by molar-refractivity contribution is -0.138. The normalized spacial score (nSPS) is 18.8. The van der Waals surface area contributed by atoms with Gasteiger partial charge in [-0.15, -0.1) is 0 Å². The molecule has 1 atom stereocenters. The number of rotatable bonds is 8. The maximum absolute atomic E-state index is 15.9. The Morgan fingerprint density at radius 1 is 0.947 bits per heavy atom. The Morgan fingerprint density at radius 3 is 2.32 bits per heavy atom. The first-order chi connectivity index (χ1) is 27.2. The number of hydrogen-bond acceptors (Lipinski definition) is 7. The fraction of sp³-hybridized carbons (Fsp3) is 0.429. The maximum atomic E-state index is 15.9. The molecule has 0 bridgehead atoms. The predicted octanol–water partition coefficient (Wildman–Crippen LogP) is 6.48. The van der Waals surface area contributed by atoms with Crippen LogP contribution in [0.1, 0.15) is 61.1 Å². The number of pyridine rings is 1. The van der Waals surface area contributed by atoms with Crippen molar-refractivity contribution in [2.24, 2.45) is 7.05 Å². The number of carbonyl (C=O) groups excluding carboxylic acids is 3. The number of hydrogen-bond donors (Lipinski definition) is 2. The Bertz CT molecular complexity index is 2240. The zero-order chi connectivity index (χ0) is 40.6. The number of nitrogens with zero attached hydrogens (tertiary/aromatic N) is 4. The van der Waals surface area contributed by atoms with Crippen molar-refractivity contribution in [1.82, 2.24) is 24.6 Å². The quantitative estimate of drug-likeness (QED) is 0.155. The Balaban J connectivity index is 0.948. The van der Waals surface area contributed by atoms with Gasteiger partial charge in [-0.25, -0.2) is 9.18 Å². The number of fused-ring (bicyclic) bond motifs is 1. The summed E-state index contributed by atoms with van der Waals surface area (Å²) >= 11 is 0. The predicted molar refractivity (Wildman–Crippen MR) is 207 cm³/mol. The van der Waals surface area contributed by atoms with E-state index in [1.165, 1.54) is 29.9 Å². The van der Waals surface area contributed by atoms with Crippen LogP contribution >= 0.6 is 0 Å². The van der Waals surface area contributed by atoms with Gasteiger partial charge in [0, 0.05) is 87.7 Å². The minimum atomic E-state index is -4.63. The summed E-state index contributed by atoms with van der Waals surface area (Å²) in [7, 11) is 4.93. The number of halogens is 4. The number of nitrogens with one attached hydrogen (secondary N) is 2. The molecule has 3 fully saturated rings. The zero-order valence-electron chi connectivity index (χ0n) is 32.1. The number of anilines is 1. The number of piperidine rings is 3. The minimum Gasteiger partial charge on any atom is -0.496 e. The summed E-state index contributed by atoms with van der Waals surface area (Å²) in [4.78, 5) is 55.5. The fourth-order valence-corrected chi connectivity index (χ4v) is 8.48. The minimum absolute atomic E-state index is 0.0557. The van der Waals surface area contributed by atoms with Crippen LogP contribution in [0.4, 0.5) is 28.0 Å². The third kappa shape index (κ3) is 8.34. The SMILES string of the molecule is COc1cc(-c2cn(C)c(=O)c3ccccc23)cc(F)c1CN1CCC(N(C)C(=O)N2CCC(c3ccc(NC4CCC(=O)NC4=O)cc3C(F)(F)F)CC2)CC1. The summed E-state index contributed by atoms with van der Waals surface area (Å²) in [6.07, 6.45) is -0.559. The number of imide groups is 1. The van der Waals surface area contributed by atoms with Crippen molar-refractivity contribution in [3.8, 4) is 16.9 Å². The van der Waals surface area contributed by atoms with E-state index in [1.54, 1.807) is 48.3 Å². The number of aryl methyl sites for hydroxylation is 1. The topological polar surface area (TPSA) is 116 Å². The molecule has 1 unspecified atom stereocenters. The molecule has 7 rings (SSSR count). The first-order valence-corrected chi connectivity index (χ1v) is 19.2. The number of ether oxygens (including phenoxy) is 1. The van der Waals surface area contributed by atoms with E-state index in [2.05, 4.69) is 15.5 Å². The van der Waals surface area contributed by atoms with E-state index in [0.29, 0.717) is 80.7 Å². The van der Waals surface area contributed by atoms with E-state index in [0.717, 1.165) is 17.0 Å². The molecular weight excluding hydrogens is 744 g/mol. The van der Waals surface area contributed by atoms with Crippen molar-refractivity contribution in [3.05, 3.63) is 93.7 Å². The Morgan fingerprint density at radius 2 is 1.65 bits per heavy atom. The number of urea groups is 1. The van der Waals surface area contributed by atoms with Gasteiger partial charge in [0.15, 0.2) is 0 Å². The van der Waals surface area contributed by atoms with Crippen LogP contribution in [0.3, 0.4) is 0 Å². The molecule has 3 saturated heterocycles. The number of amides is 4. The number of carbonyl (C=O) groups is 3. The first kappa shape index (κ1) is 39.8. The highest BCUT2D eigenvalue weighted by Crippen LogP contribution is 2.41. The highest BCUT2D eigenvalue weighted by atomic mass is 19.4. The third-order valence-corrected chi connectivity index (χ3v) is 11.7. The molecule has 0 saturated carbocycles.